The Bertz CT molecular complexity index is 1030. The van der Waals surface area contributed by atoms with Crippen molar-refractivity contribution in [2.24, 2.45) is 16.6 Å². The number of ketones is 1. The van der Waals surface area contributed by atoms with E-state index in [1.165, 1.54) is 37.4 Å². The van der Waals surface area contributed by atoms with Crippen molar-refractivity contribution in [1.82, 2.24) is 4.98 Å². The molecule has 2 heterocycles. The molecular formula is C20H17Cl2F2N3O2. The van der Waals surface area contributed by atoms with Gasteiger partial charge >= 0.3 is 0 Å². The first kappa shape index (κ1) is 20.0. The predicted molar refractivity (Wildman–Crippen MR) is 106 cm³/mol. The fourth-order valence-corrected chi connectivity index (χ4v) is 4.43. The van der Waals surface area contributed by atoms with E-state index in [0.29, 0.717) is 17.0 Å². The Morgan fingerprint density at radius 1 is 1.41 bits per heavy atom. The van der Waals surface area contributed by atoms with Crippen LogP contribution in [0.15, 0.2) is 35.5 Å². The predicted octanol–water partition coefficient (Wildman–Crippen LogP) is 4.24. The summed E-state index contributed by atoms with van der Waals surface area (Å²) in [7, 11) is 0. The molecule has 4 atom stereocenters. The zero-order valence-electron chi connectivity index (χ0n) is 15.3. The summed E-state index contributed by atoms with van der Waals surface area (Å²) in [6.07, 6.45) is -0.0307. The second-order valence-corrected chi connectivity index (χ2v) is 8.13. The molecule has 0 radical (unpaired) electrons. The number of fused-ring (bicyclic) bond motifs is 1. The molecule has 0 saturated heterocycles. The monoisotopic (exact) mass is 439 g/mol. The van der Waals surface area contributed by atoms with E-state index in [4.69, 9.17) is 33.7 Å². The van der Waals surface area contributed by atoms with Gasteiger partial charge in [0.15, 0.2) is 5.78 Å². The number of carbonyl (C=O) groups is 1. The minimum absolute atomic E-state index is 0.0612. The number of hydrogen-bond acceptors (Lipinski definition) is 5. The van der Waals surface area contributed by atoms with E-state index < -0.39 is 17.5 Å². The summed E-state index contributed by atoms with van der Waals surface area (Å²) in [6.45, 7) is 1.33. The second-order valence-electron chi connectivity index (χ2n) is 7.29. The van der Waals surface area contributed by atoms with Gasteiger partial charge in [0.05, 0.1) is 10.0 Å². The third-order valence-electron chi connectivity index (χ3n) is 5.37. The van der Waals surface area contributed by atoms with Gasteiger partial charge in [-0.25, -0.2) is 18.8 Å². The number of rotatable bonds is 5. The molecule has 29 heavy (non-hydrogen) atoms. The number of alkyl halides is 1. The van der Waals surface area contributed by atoms with Crippen molar-refractivity contribution in [3.8, 4) is 0 Å². The summed E-state index contributed by atoms with van der Waals surface area (Å²) in [5.41, 5.74) is 4.85. The Morgan fingerprint density at radius 2 is 2.17 bits per heavy atom. The largest absolute Gasteiger partial charge is 0.462 e. The highest BCUT2D eigenvalue weighted by molar-refractivity contribution is 6.36. The first-order valence-corrected chi connectivity index (χ1v) is 9.77. The van der Waals surface area contributed by atoms with Crippen LogP contribution in [0.25, 0.3) is 0 Å². The van der Waals surface area contributed by atoms with Gasteiger partial charge in [-0.3, -0.25) is 4.79 Å². The van der Waals surface area contributed by atoms with Crippen molar-refractivity contribution in [2.75, 3.05) is 0 Å². The lowest BCUT2D eigenvalue weighted by molar-refractivity contribution is 0.0988. The van der Waals surface area contributed by atoms with Crippen molar-refractivity contribution in [1.29, 1.82) is 0 Å². The Labute approximate surface area is 175 Å². The highest BCUT2D eigenvalue weighted by atomic mass is 35.5. The SMILES string of the molecule is CC(F)[C@]1(c2cc(CC(=O)c3ncc(Cl)cc3Cl)ccc2F)N=C(N)O[C@@H]2C[C@@H]21. The molecule has 2 aliphatic rings. The third kappa shape index (κ3) is 3.46. The lowest BCUT2D eigenvalue weighted by Gasteiger charge is -2.35. The lowest BCUT2D eigenvalue weighted by Crippen LogP contribution is -2.44. The number of nitrogens with zero attached hydrogens (tertiary/aromatic N) is 2. The normalized spacial score (nSPS) is 26.2. The number of Topliss-reactive ketones (excluding diaryl/α,β-unsaturated/α-hetero) is 1. The molecule has 2 aromatic rings. The number of hydrogen-bond donors (Lipinski definition) is 1. The molecule has 0 amide bonds. The summed E-state index contributed by atoms with van der Waals surface area (Å²) in [6, 6.07) is 5.40. The van der Waals surface area contributed by atoms with E-state index in [9.17, 15) is 13.6 Å². The van der Waals surface area contributed by atoms with Crippen molar-refractivity contribution in [3.63, 3.8) is 0 Å². The van der Waals surface area contributed by atoms with E-state index in [1.807, 2.05) is 0 Å². The van der Waals surface area contributed by atoms with E-state index in [0.717, 1.165) is 0 Å². The molecule has 9 heteroatoms. The molecule has 1 aliphatic heterocycles. The minimum atomic E-state index is -1.51. The Balaban J connectivity index is 1.71. The van der Waals surface area contributed by atoms with Gasteiger partial charge in [-0.1, -0.05) is 29.3 Å². The first-order valence-electron chi connectivity index (χ1n) is 9.01. The maximum absolute atomic E-state index is 14.8. The molecule has 1 unspecified atom stereocenters. The number of aromatic nitrogens is 1. The summed E-state index contributed by atoms with van der Waals surface area (Å²) < 4.78 is 35.0. The number of benzene rings is 1. The van der Waals surface area contributed by atoms with Crippen LogP contribution in [0.5, 0.6) is 0 Å². The van der Waals surface area contributed by atoms with Crippen LogP contribution >= 0.6 is 23.2 Å². The zero-order chi connectivity index (χ0) is 20.9. The lowest BCUT2D eigenvalue weighted by atomic mass is 9.80. The molecule has 1 aromatic carbocycles. The average Bonchev–Trinajstić information content (AvgIpc) is 3.41. The van der Waals surface area contributed by atoms with Crippen molar-refractivity contribution in [3.05, 3.63) is 63.1 Å². The second kappa shape index (κ2) is 7.22. The molecule has 5 nitrogen and oxygen atoms in total. The Morgan fingerprint density at radius 3 is 2.86 bits per heavy atom. The van der Waals surface area contributed by atoms with Crippen molar-refractivity contribution in [2.45, 2.75) is 37.6 Å². The number of carbonyl (C=O) groups excluding carboxylic acids is 1. The molecule has 1 aromatic heterocycles. The highest BCUT2D eigenvalue weighted by Crippen LogP contribution is 2.55. The van der Waals surface area contributed by atoms with Gasteiger partial charge in [-0.15, -0.1) is 0 Å². The molecule has 2 N–H and O–H groups in total. The average molecular weight is 440 g/mol. The number of halogens is 4. The van der Waals surface area contributed by atoms with Crippen LogP contribution in [-0.4, -0.2) is 29.1 Å². The molecule has 4 rings (SSSR count). The van der Waals surface area contributed by atoms with Gasteiger partial charge < -0.3 is 10.5 Å². The number of nitrogens with two attached hydrogens (primary N) is 1. The smallest absolute Gasteiger partial charge is 0.283 e. The standard InChI is InChI=1S/C20H17Cl2F2N3O2/c1-9(23)20(13-7-17(13)29-19(25)27-20)12-4-10(2-3-15(12)24)5-16(28)18-14(22)6-11(21)8-26-18/h2-4,6,8-9,13,17H,5,7H2,1H3,(H2,25,27)/t9?,13-,17+,20+/m0/s1. The topological polar surface area (TPSA) is 77.6 Å². The molecule has 1 fully saturated rings. The van der Waals surface area contributed by atoms with E-state index in [1.54, 1.807) is 0 Å². The first-order chi connectivity index (χ1) is 13.7. The molecular weight excluding hydrogens is 423 g/mol. The van der Waals surface area contributed by atoms with Crippen LogP contribution in [-0.2, 0) is 16.7 Å². The van der Waals surface area contributed by atoms with Crippen LogP contribution in [0.3, 0.4) is 0 Å². The van der Waals surface area contributed by atoms with E-state index in [2.05, 4.69) is 9.98 Å². The number of pyridine rings is 1. The Hall–Kier alpha value is -2.25. The number of aliphatic imine (C=N–C) groups is 1. The molecule has 0 bridgehead atoms. The van der Waals surface area contributed by atoms with Gasteiger partial charge in [0.25, 0.3) is 6.02 Å². The third-order valence-corrected chi connectivity index (χ3v) is 5.86. The van der Waals surface area contributed by atoms with Gasteiger partial charge in [-0.2, -0.15) is 0 Å². The van der Waals surface area contributed by atoms with Crippen molar-refractivity contribution >= 4 is 35.0 Å². The Kier molecular flexibility index (Phi) is 4.99. The van der Waals surface area contributed by atoms with Crippen LogP contribution in [0, 0.1) is 11.7 Å². The summed E-state index contributed by atoms with van der Waals surface area (Å²) in [5, 5.41) is 0.435. The van der Waals surface area contributed by atoms with Crippen molar-refractivity contribution < 1.29 is 18.3 Å². The maximum atomic E-state index is 14.8. The quantitative estimate of drug-likeness (QED) is 0.706. The fraction of sp³-hybridized carbons (Fsp3) is 0.350. The summed E-state index contributed by atoms with van der Waals surface area (Å²) in [5.74, 6) is -1.30. The van der Waals surface area contributed by atoms with Crippen LogP contribution in [0.4, 0.5) is 8.78 Å². The minimum Gasteiger partial charge on any atom is -0.462 e. The van der Waals surface area contributed by atoms with E-state index >= 15 is 0 Å². The summed E-state index contributed by atoms with van der Waals surface area (Å²) in [4.78, 5) is 20.8. The van der Waals surface area contributed by atoms with Crippen LogP contribution in [0.1, 0.15) is 35.0 Å². The van der Waals surface area contributed by atoms with Gasteiger partial charge in [0.1, 0.15) is 29.3 Å². The van der Waals surface area contributed by atoms with Gasteiger partial charge in [-0.05, 0) is 37.1 Å². The zero-order valence-corrected chi connectivity index (χ0v) is 16.8. The van der Waals surface area contributed by atoms with E-state index in [-0.39, 0.29) is 46.5 Å². The molecule has 1 saturated carbocycles. The maximum Gasteiger partial charge on any atom is 0.283 e. The van der Waals surface area contributed by atoms with Crippen LogP contribution < -0.4 is 5.73 Å². The molecule has 152 valence electrons. The molecule has 0 spiro atoms. The number of ether oxygens (including phenoxy) is 1. The fourth-order valence-electron chi connectivity index (χ4n) is 3.95. The summed E-state index contributed by atoms with van der Waals surface area (Å²) >= 11 is 11.9. The van der Waals surface area contributed by atoms with Crippen LogP contribution in [0.2, 0.25) is 10.0 Å². The van der Waals surface area contributed by atoms with Gasteiger partial charge in [0.2, 0.25) is 0 Å². The molecule has 1 aliphatic carbocycles. The number of amidine groups is 1. The van der Waals surface area contributed by atoms with Gasteiger partial charge in [0, 0.05) is 24.1 Å². The highest BCUT2D eigenvalue weighted by Gasteiger charge is 2.62.